The number of aromatic nitrogens is 2. The molecule has 0 aliphatic carbocycles. The van der Waals surface area contributed by atoms with Crippen molar-refractivity contribution in [2.24, 2.45) is 4.99 Å². The van der Waals surface area contributed by atoms with Crippen molar-refractivity contribution in [2.45, 2.75) is 49.8 Å². The minimum atomic E-state index is -4.89. The molecular weight excluding hydrogens is 640 g/mol. The van der Waals surface area contributed by atoms with E-state index in [9.17, 15) is 39.9 Å². The Morgan fingerprint density at radius 2 is 1.61 bits per heavy atom. The van der Waals surface area contributed by atoms with Gasteiger partial charge in [-0.25, -0.2) is 18.4 Å². The summed E-state index contributed by atoms with van der Waals surface area (Å²) in [6, 6.07) is 13.6. The Morgan fingerprint density at radius 3 is 2.20 bits per heavy atom. The quantitative estimate of drug-likeness (QED) is 0.205. The first-order chi connectivity index (χ1) is 21.4. The van der Waals surface area contributed by atoms with Crippen molar-refractivity contribution < 1.29 is 49.3 Å². The Bertz CT molecular complexity index is 1900. The molecule has 1 N–H and O–H groups in total. The number of benzene rings is 3. The first kappa shape index (κ1) is 33.0. The molecule has 46 heavy (non-hydrogen) atoms. The molecule has 1 aromatic heterocycles. The summed E-state index contributed by atoms with van der Waals surface area (Å²) in [6.07, 6.45) is -8.50. The SMILES string of the molecule is CC1=NC(c2cc(-c3ccc(CCO)c(S(C)(=O)=O)c3)ccc2-n2cc(C(F)(F)F)nc2C)C(c2ccc(OC(F)(F)F)cc2)O1. The number of halogens is 6. The molecule has 1 aliphatic rings. The minimum absolute atomic E-state index is 0.0158. The van der Waals surface area contributed by atoms with Crippen molar-refractivity contribution in [3.63, 3.8) is 0 Å². The van der Waals surface area contributed by atoms with Crippen molar-refractivity contribution in [3.8, 4) is 22.6 Å². The fourth-order valence-corrected chi connectivity index (χ4v) is 6.32. The van der Waals surface area contributed by atoms with E-state index in [0.29, 0.717) is 27.8 Å². The van der Waals surface area contributed by atoms with E-state index in [-0.39, 0.29) is 35.3 Å². The van der Waals surface area contributed by atoms with Crippen LogP contribution in [0.4, 0.5) is 26.3 Å². The number of hydrogen-bond donors (Lipinski definition) is 1. The summed E-state index contributed by atoms with van der Waals surface area (Å²) in [5.74, 6) is -0.196. The van der Waals surface area contributed by atoms with Gasteiger partial charge < -0.3 is 19.1 Å². The van der Waals surface area contributed by atoms with Gasteiger partial charge in [-0.2, -0.15) is 13.2 Å². The Hall–Kier alpha value is -4.37. The highest BCUT2D eigenvalue weighted by molar-refractivity contribution is 7.90. The van der Waals surface area contributed by atoms with E-state index in [2.05, 4.69) is 14.7 Å². The number of aliphatic hydroxyl groups excluding tert-OH is 1. The average molecular weight is 668 g/mol. The van der Waals surface area contributed by atoms with Crippen LogP contribution >= 0.6 is 0 Å². The lowest BCUT2D eigenvalue weighted by Crippen LogP contribution is -2.17. The van der Waals surface area contributed by atoms with Crippen molar-refractivity contribution >= 4 is 15.7 Å². The first-order valence-electron chi connectivity index (χ1n) is 13.7. The fraction of sp³-hybridized carbons (Fsp3) is 0.290. The number of nitrogens with zero attached hydrogens (tertiary/aromatic N) is 3. The second kappa shape index (κ2) is 12.1. The van der Waals surface area contributed by atoms with Crippen LogP contribution < -0.4 is 4.74 Å². The monoisotopic (exact) mass is 667 g/mol. The van der Waals surface area contributed by atoms with E-state index in [1.165, 1.54) is 29.7 Å². The van der Waals surface area contributed by atoms with Gasteiger partial charge in [0.05, 0.1) is 10.6 Å². The van der Waals surface area contributed by atoms with E-state index in [4.69, 9.17) is 4.74 Å². The molecule has 15 heteroatoms. The molecule has 0 saturated heterocycles. The summed E-state index contributed by atoms with van der Waals surface area (Å²) >= 11 is 0. The number of aliphatic imine (C=N–C) groups is 1. The zero-order chi connectivity index (χ0) is 33.6. The van der Waals surface area contributed by atoms with Crippen molar-refractivity contribution in [1.82, 2.24) is 9.55 Å². The molecule has 0 fully saturated rings. The summed E-state index contributed by atoms with van der Waals surface area (Å²) in [7, 11) is -3.70. The summed E-state index contributed by atoms with van der Waals surface area (Å²) < 4.78 is 115. The molecule has 2 atom stereocenters. The Morgan fingerprint density at radius 1 is 0.957 bits per heavy atom. The van der Waals surface area contributed by atoms with Gasteiger partial charge in [0.25, 0.3) is 0 Å². The highest BCUT2D eigenvalue weighted by Crippen LogP contribution is 2.44. The lowest BCUT2D eigenvalue weighted by molar-refractivity contribution is -0.274. The van der Waals surface area contributed by atoms with Crippen LogP contribution in [0.15, 0.2) is 76.7 Å². The zero-order valence-electron chi connectivity index (χ0n) is 24.5. The van der Waals surface area contributed by atoms with Crippen molar-refractivity contribution in [3.05, 3.63) is 95.1 Å². The smallest absolute Gasteiger partial charge is 0.471 e. The molecule has 244 valence electrons. The van der Waals surface area contributed by atoms with Gasteiger partial charge in [0.1, 0.15) is 17.6 Å². The lowest BCUT2D eigenvalue weighted by atomic mass is 9.92. The number of rotatable bonds is 8. The maximum absolute atomic E-state index is 13.6. The molecule has 3 aromatic carbocycles. The summed E-state index contributed by atoms with van der Waals surface area (Å²) in [4.78, 5) is 8.30. The number of sulfone groups is 1. The fourth-order valence-electron chi connectivity index (χ4n) is 5.33. The number of hydrogen-bond acceptors (Lipinski definition) is 7. The van der Waals surface area contributed by atoms with Gasteiger partial charge in [-0.1, -0.05) is 30.3 Å². The van der Waals surface area contributed by atoms with Gasteiger partial charge in [0, 0.05) is 31.5 Å². The Labute approximate surface area is 259 Å². The summed E-state index contributed by atoms with van der Waals surface area (Å²) in [5.41, 5.74) is 1.35. The van der Waals surface area contributed by atoms with E-state index in [0.717, 1.165) is 24.6 Å². The molecule has 0 radical (unpaired) electrons. The maximum Gasteiger partial charge on any atom is 0.573 e. The van der Waals surface area contributed by atoms with Gasteiger partial charge >= 0.3 is 12.5 Å². The number of imidazole rings is 1. The number of alkyl halides is 6. The third kappa shape index (κ3) is 7.04. The van der Waals surface area contributed by atoms with Crippen LogP contribution in [0.25, 0.3) is 16.8 Å². The van der Waals surface area contributed by atoms with Gasteiger partial charge in [-0.05, 0) is 65.9 Å². The standard InChI is InChI=1S/C31H27F6N3O5S/c1-17-38-27(30(32,33)34)16-40(17)25-11-8-21(22-5-4-19(12-13-41)26(15-22)46(3,42)43)14-24(25)28-29(44-18(2)39-28)20-6-9-23(10-7-20)45-31(35,36)37/h4-11,14-16,28-29,41H,12-13H2,1-3H3. The average Bonchev–Trinajstić information content (AvgIpc) is 3.55. The zero-order valence-corrected chi connectivity index (χ0v) is 25.3. The van der Waals surface area contributed by atoms with Gasteiger partial charge in [0.15, 0.2) is 27.5 Å². The highest BCUT2D eigenvalue weighted by atomic mass is 32.2. The summed E-state index contributed by atoms with van der Waals surface area (Å²) in [6.45, 7) is 2.70. The molecule has 0 spiro atoms. The van der Waals surface area contributed by atoms with Crippen LogP contribution in [0.5, 0.6) is 5.75 Å². The highest BCUT2D eigenvalue weighted by Gasteiger charge is 2.37. The van der Waals surface area contributed by atoms with E-state index < -0.39 is 46.0 Å². The van der Waals surface area contributed by atoms with Gasteiger partial charge in [-0.15, -0.1) is 13.2 Å². The van der Waals surface area contributed by atoms with Gasteiger partial charge in [-0.3, -0.25) is 0 Å². The van der Waals surface area contributed by atoms with E-state index >= 15 is 0 Å². The number of ether oxygens (including phenoxy) is 2. The van der Waals surface area contributed by atoms with Crippen molar-refractivity contribution in [1.29, 1.82) is 0 Å². The second-order valence-electron chi connectivity index (χ2n) is 10.6. The third-order valence-electron chi connectivity index (χ3n) is 7.31. The number of aliphatic hydroxyl groups is 1. The van der Waals surface area contributed by atoms with E-state index in [1.54, 1.807) is 37.3 Å². The maximum atomic E-state index is 13.6. The number of aryl methyl sites for hydroxylation is 1. The molecule has 1 aliphatic heterocycles. The molecule has 0 amide bonds. The van der Waals surface area contributed by atoms with Crippen LogP contribution in [0.3, 0.4) is 0 Å². The van der Waals surface area contributed by atoms with Crippen LogP contribution in [-0.2, 0) is 27.2 Å². The molecule has 5 rings (SSSR count). The molecule has 0 saturated carbocycles. The molecule has 2 unspecified atom stereocenters. The summed E-state index contributed by atoms with van der Waals surface area (Å²) in [5, 5.41) is 9.42. The minimum Gasteiger partial charge on any atom is -0.471 e. The van der Waals surface area contributed by atoms with Crippen LogP contribution in [-0.4, -0.2) is 48.2 Å². The van der Waals surface area contributed by atoms with E-state index in [1.807, 2.05) is 0 Å². The Kier molecular flexibility index (Phi) is 8.68. The van der Waals surface area contributed by atoms with Gasteiger partial charge in [0.2, 0.25) is 0 Å². The molecule has 4 aromatic rings. The van der Waals surface area contributed by atoms with Crippen molar-refractivity contribution in [2.75, 3.05) is 12.9 Å². The predicted molar refractivity (Wildman–Crippen MR) is 155 cm³/mol. The molecular formula is C31H27F6N3O5S. The largest absolute Gasteiger partial charge is 0.573 e. The first-order valence-corrected chi connectivity index (χ1v) is 15.6. The topological polar surface area (TPSA) is 103 Å². The van der Waals surface area contributed by atoms with Crippen LogP contribution in [0.2, 0.25) is 0 Å². The third-order valence-corrected chi connectivity index (χ3v) is 8.49. The molecule has 8 nitrogen and oxygen atoms in total. The van der Waals surface area contributed by atoms with Crippen LogP contribution in [0, 0.1) is 6.92 Å². The van der Waals surface area contributed by atoms with Crippen LogP contribution in [0.1, 0.15) is 47.3 Å². The molecule has 2 heterocycles. The second-order valence-corrected chi connectivity index (χ2v) is 12.6. The predicted octanol–water partition coefficient (Wildman–Crippen LogP) is 6.93. The Balaban J connectivity index is 1.67. The molecule has 0 bridgehead atoms. The lowest BCUT2D eigenvalue weighted by Gasteiger charge is -2.23. The normalized spacial score (nSPS) is 17.1.